The summed E-state index contributed by atoms with van der Waals surface area (Å²) < 4.78 is 5.71. The van der Waals surface area contributed by atoms with Crippen molar-refractivity contribution in [3.05, 3.63) is 76.2 Å². The predicted molar refractivity (Wildman–Crippen MR) is 92.5 cm³/mol. The number of nitro benzene ring substituents is 1. The first kappa shape index (κ1) is 16.2. The Hall–Kier alpha value is -2.67. The average molecular weight is 341 g/mol. The fourth-order valence-electron chi connectivity index (χ4n) is 2.11. The van der Waals surface area contributed by atoms with Crippen LogP contribution < -0.4 is 0 Å². The summed E-state index contributed by atoms with van der Waals surface area (Å²) >= 11 is 1.71. The van der Waals surface area contributed by atoms with Crippen molar-refractivity contribution in [2.24, 2.45) is 0 Å². The fraction of sp³-hybridized carbons (Fsp3) is 0.176. The summed E-state index contributed by atoms with van der Waals surface area (Å²) in [6.07, 6.45) is 0. The first-order valence-electron chi connectivity index (χ1n) is 7.37. The highest BCUT2D eigenvalue weighted by molar-refractivity contribution is 7.98. The molecule has 0 unspecified atom stereocenters. The van der Waals surface area contributed by atoms with Gasteiger partial charge in [-0.3, -0.25) is 10.1 Å². The van der Waals surface area contributed by atoms with Gasteiger partial charge in [-0.1, -0.05) is 30.3 Å². The van der Waals surface area contributed by atoms with Crippen molar-refractivity contribution >= 4 is 17.4 Å². The van der Waals surface area contributed by atoms with Crippen LogP contribution in [-0.2, 0) is 5.75 Å². The van der Waals surface area contributed by atoms with E-state index in [1.54, 1.807) is 23.9 Å². The number of thioether (sulfide) groups is 1. The Bertz CT molecular complexity index is 819. The van der Waals surface area contributed by atoms with Crippen LogP contribution in [0.2, 0.25) is 0 Å². The van der Waals surface area contributed by atoms with Crippen LogP contribution in [0.3, 0.4) is 0 Å². The zero-order valence-electron chi connectivity index (χ0n) is 13.0. The van der Waals surface area contributed by atoms with E-state index in [9.17, 15) is 10.1 Å². The average Bonchev–Trinajstić information content (AvgIpc) is 3.11. The topological polar surface area (TPSA) is 82.1 Å². The van der Waals surface area contributed by atoms with Gasteiger partial charge in [0, 0.05) is 23.4 Å². The summed E-state index contributed by atoms with van der Waals surface area (Å²) in [6, 6.07) is 16.2. The molecule has 2 aromatic carbocycles. The van der Waals surface area contributed by atoms with Crippen molar-refractivity contribution in [3.8, 4) is 11.5 Å². The van der Waals surface area contributed by atoms with Crippen molar-refractivity contribution in [1.82, 2.24) is 10.2 Å². The van der Waals surface area contributed by atoms with Crippen LogP contribution in [-0.4, -0.2) is 15.1 Å². The molecule has 0 aliphatic carbocycles. The normalized spacial score (nSPS) is 12.0. The third kappa shape index (κ3) is 3.80. The summed E-state index contributed by atoms with van der Waals surface area (Å²) in [6.45, 7) is 2.01. The van der Waals surface area contributed by atoms with E-state index < -0.39 is 4.92 Å². The van der Waals surface area contributed by atoms with Gasteiger partial charge in [0.1, 0.15) is 0 Å². The van der Waals surface area contributed by atoms with Crippen molar-refractivity contribution in [2.45, 2.75) is 17.9 Å². The van der Waals surface area contributed by atoms with Crippen LogP contribution in [0.5, 0.6) is 0 Å². The third-order valence-electron chi connectivity index (χ3n) is 3.46. The molecule has 24 heavy (non-hydrogen) atoms. The molecular weight excluding hydrogens is 326 g/mol. The van der Waals surface area contributed by atoms with Gasteiger partial charge in [-0.15, -0.1) is 22.0 Å². The molecule has 0 fully saturated rings. The van der Waals surface area contributed by atoms with Crippen LogP contribution in [0, 0.1) is 10.1 Å². The van der Waals surface area contributed by atoms with E-state index in [4.69, 9.17) is 4.42 Å². The summed E-state index contributed by atoms with van der Waals surface area (Å²) in [7, 11) is 0. The standard InChI is InChI=1S/C17H15N3O3S/c1-12(24-11-13-5-3-2-4-6-13)16-18-19-17(23-16)14-7-9-15(10-8-14)20(21)22/h2-10,12H,11H2,1H3/t12-/m0/s1. The number of rotatable bonds is 6. The largest absolute Gasteiger partial charge is 0.420 e. The molecule has 3 rings (SSSR count). The molecular formula is C17H15N3O3S. The van der Waals surface area contributed by atoms with Gasteiger partial charge in [-0.2, -0.15) is 0 Å². The second kappa shape index (κ2) is 7.27. The second-order valence-electron chi connectivity index (χ2n) is 5.19. The van der Waals surface area contributed by atoms with Crippen LogP contribution >= 0.6 is 11.8 Å². The van der Waals surface area contributed by atoms with E-state index in [2.05, 4.69) is 22.3 Å². The van der Waals surface area contributed by atoms with E-state index in [1.165, 1.54) is 17.7 Å². The summed E-state index contributed by atoms with van der Waals surface area (Å²) in [4.78, 5) is 10.2. The van der Waals surface area contributed by atoms with Crippen molar-refractivity contribution in [1.29, 1.82) is 0 Å². The van der Waals surface area contributed by atoms with Crippen LogP contribution in [0.15, 0.2) is 59.0 Å². The first-order chi connectivity index (χ1) is 11.6. The first-order valence-corrected chi connectivity index (χ1v) is 8.42. The molecule has 0 N–H and O–H groups in total. The van der Waals surface area contributed by atoms with Crippen LogP contribution in [0.25, 0.3) is 11.5 Å². The molecule has 0 saturated heterocycles. The maximum atomic E-state index is 10.7. The lowest BCUT2D eigenvalue weighted by atomic mass is 10.2. The lowest BCUT2D eigenvalue weighted by molar-refractivity contribution is -0.384. The minimum absolute atomic E-state index is 0.0327. The van der Waals surface area contributed by atoms with E-state index in [1.807, 2.05) is 25.1 Å². The molecule has 1 aromatic heterocycles. The molecule has 0 aliphatic heterocycles. The summed E-state index contributed by atoms with van der Waals surface area (Å²) in [5, 5.41) is 18.9. The van der Waals surface area contributed by atoms with Gasteiger partial charge in [0.15, 0.2) is 0 Å². The van der Waals surface area contributed by atoms with Crippen LogP contribution in [0.1, 0.15) is 23.6 Å². The van der Waals surface area contributed by atoms with E-state index in [0.717, 1.165) is 5.75 Å². The van der Waals surface area contributed by atoms with Gasteiger partial charge < -0.3 is 4.42 Å². The third-order valence-corrected chi connectivity index (χ3v) is 4.66. The molecule has 0 radical (unpaired) electrons. The number of nitro groups is 1. The maximum absolute atomic E-state index is 10.7. The molecule has 1 heterocycles. The minimum Gasteiger partial charge on any atom is -0.420 e. The number of aromatic nitrogens is 2. The lowest BCUT2D eigenvalue weighted by Crippen LogP contribution is -1.90. The maximum Gasteiger partial charge on any atom is 0.269 e. The Morgan fingerprint density at radius 2 is 1.83 bits per heavy atom. The van der Waals surface area contributed by atoms with Crippen LogP contribution in [0.4, 0.5) is 5.69 Å². The number of nitrogens with zero attached hydrogens (tertiary/aromatic N) is 3. The highest BCUT2D eigenvalue weighted by atomic mass is 32.2. The molecule has 7 heteroatoms. The Kier molecular flexibility index (Phi) is 4.90. The Morgan fingerprint density at radius 1 is 1.12 bits per heavy atom. The zero-order chi connectivity index (χ0) is 16.9. The number of benzene rings is 2. The van der Waals surface area contributed by atoms with Crippen molar-refractivity contribution in [3.63, 3.8) is 0 Å². The molecule has 1 atom stereocenters. The quantitative estimate of drug-likeness (QED) is 0.480. The van der Waals surface area contributed by atoms with E-state index >= 15 is 0 Å². The predicted octanol–water partition coefficient (Wildman–Crippen LogP) is 4.64. The second-order valence-corrected chi connectivity index (χ2v) is 6.52. The van der Waals surface area contributed by atoms with Gasteiger partial charge in [-0.05, 0) is 24.6 Å². The lowest BCUT2D eigenvalue weighted by Gasteiger charge is -2.06. The molecule has 3 aromatic rings. The molecule has 0 aliphatic rings. The Morgan fingerprint density at radius 3 is 2.50 bits per heavy atom. The summed E-state index contributed by atoms with van der Waals surface area (Å²) in [5.41, 5.74) is 1.94. The van der Waals surface area contributed by atoms with E-state index in [0.29, 0.717) is 17.3 Å². The minimum atomic E-state index is -0.439. The SMILES string of the molecule is C[C@H](SCc1ccccc1)c1nnc(-c2ccc([N+](=O)[O-])cc2)o1. The van der Waals surface area contributed by atoms with Gasteiger partial charge in [0.25, 0.3) is 5.69 Å². The Balaban J connectivity index is 1.67. The molecule has 0 spiro atoms. The van der Waals surface area contributed by atoms with Gasteiger partial charge in [0.05, 0.1) is 10.2 Å². The molecule has 0 bridgehead atoms. The van der Waals surface area contributed by atoms with Gasteiger partial charge >= 0.3 is 0 Å². The molecule has 122 valence electrons. The molecule has 6 nitrogen and oxygen atoms in total. The Labute approximate surface area is 143 Å². The highest BCUT2D eigenvalue weighted by Gasteiger charge is 2.16. The number of non-ortho nitro benzene ring substituents is 1. The summed E-state index contributed by atoms with van der Waals surface area (Å²) in [5.74, 6) is 1.77. The molecule has 0 amide bonds. The van der Waals surface area contributed by atoms with Crippen molar-refractivity contribution in [2.75, 3.05) is 0 Å². The number of hydrogen-bond donors (Lipinski definition) is 0. The molecule has 0 saturated carbocycles. The number of hydrogen-bond acceptors (Lipinski definition) is 6. The smallest absolute Gasteiger partial charge is 0.269 e. The van der Waals surface area contributed by atoms with Gasteiger partial charge in [-0.25, -0.2) is 0 Å². The monoisotopic (exact) mass is 341 g/mol. The highest BCUT2D eigenvalue weighted by Crippen LogP contribution is 2.32. The zero-order valence-corrected chi connectivity index (χ0v) is 13.8. The fourth-order valence-corrected chi connectivity index (χ4v) is 2.98. The van der Waals surface area contributed by atoms with E-state index in [-0.39, 0.29) is 10.9 Å². The van der Waals surface area contributed by atoms with Crippen molar-refractivity contribution < 1.29 is 9.34 Å². The van der Waals surface area contributed by atoms with Gasteiger partial charge in [0.2, 0.25) is 11.8 Å².